The molecule has 1 N–H and O–H groups in total. The Bertz CT molecular complexity index is 1390. The van der Waals surface area contributed by atoms with Crippen LogP contribution in [-0.4, -0.2) is 47.8 Å². The fourth-order valence-corrected chi connectivity index (χ4v) is 4.32. The molecular formula is C26H21Cl2FN4O4. The van der Waals surface area contributed by atoms with Crippen molar-refractivity contribution in [1.82, 2.24) is 4.90 Å². The van der Waals surface area contributed by atoms with E-state index in [2.05, 4.69) is 5.32 Å². The summed E-state index contributed by atoms with van der Waals surface area (Å²) in [4.78, 5) is 39.4. The van der Waals surface area contributed by atoms with Crippen LogP contribution in [0.4, 0.5) is 21.5 Å². The zero-order valence-electron chi connectivity index (χ0n) is 19.4. The highest BCUT2D eigenvalue weighted by molar-refractivity contribution is 6.32. The quantitative estimate of drug-likeness (QED) is 0.246. The van der Waals surface area contributed by atoms with Crippen LogP contribution < -0.4 is 10.2 Å². The summed E-state index contributed by atoms with van der Waals surface area (Å²) in [6, 6.07) is 15.2. The first-order valence-corrected chi connectivity index (χ1v) is 12.0. The van der Waals surface area contributed by atoms with Crippen LogP contribution in [0.5, 0.6) is 0 Å². The Morgan fingerprint density at radius 2 is 1.73 bits per heavy atom. The van der Waals surface area contributed by atoms with Gasteiger partial charge in [0.2, 0.25) is 5.91 Å². The molecule has 8 nitrogen and oxygen atoms in total. The van der Waals surface area contributed by atoms with Crippen LogP contribution >= 0.6 is 23.2 Å². The number of nitrogens with zero attached hydrogens (tertiary/aromatic N) is 3. The summed E-state index contributed by atoms with van der Waals surface area (Å²) in [6.07, 6.45) is 2.69. The third kappa shape index (κ3) is 6.25. The van der Waals surface area contributed by atoms with Gasteiger partial charge in [-0.3, -0.25) is 19.7 Å². The summed E-state index contributed by atoms with van der Waals surface area (Å²) in [6.45, 7) is 1.68. The van der Waals surface area contributed by atoms with Crippen molar-refractivity contribution in [1.29, 1.82) is 0 Å². The van der Waals surface area contributed by atoms with Crippen LogP contribution in [0.25, 0.3) is 6.08 Å². The van der Waals surface area contributed by atoms with E-state index in [1.54, 1.807) is 35.2 Å². The summed E-state index contributed by atoms with van der Waals surface area (Å²) >= 11 is 12.0. The van der Waals surface area contributed by atoms with Crippen molar-refractivity contribution < 1.29 is 18.9 Å². The molecule has 0 aromatic heterocycles. The standard InChI is InChI=1S/C26H21Cl2FN4O4/c27-18-7-9-23(31-11-13-32(14-12-31)26(35)19-3-1-2-4-21(19)29)22(16-18)30-25(34)10-6-17-5-8-20(28)24(15-17)33(36)37/h1-10,15-16H,11-14H2,(H,30,34)/b10-6+. The van der Waals surface area contributed by atoms with Crippen molar-refractivity contribution in [2.45, 2.75) is 0 Å². The number of amides is 2. The highest BCUT2D eigenvalue weighted by atomic mass is 35.5. The number of carbonyl (C=O) groups is 2. The van der Waals surface area contributed by atoms with E-state index in [0.717, 1.165) is 0 Å². The Balaban J connectivity index is 1.44. The lowest BCUT2D eigenvalue weighted by Gasteiger charge is -2.37. The molecule has 0 unspecified atom stereocenters. The van der Waals surface area contributed by atoms with E-state index < -0.39 is 16.6 Å². The number of piperazine rings is 1. The molecule has 0 bridgehead atoms. The van der Waals surface area contributed by atoms with Crippen LogP contribution in [0, 0.1) is 15.9 Å². The number of anilines is 2. The molecule has 3 aromatic carbocycles. The third-order valence-corrected chi connectivity index (χ3v) is 6.38. The fraction of sp³-hybridized carbons (Fsp3) is 0.154. The maximum Gasteiger partial charge on any atom is 0.288 e. The molecule has 0 aliphatic carbocycles. The van der Waals surface area contributed by atoms with Gasteiger partial charge in [-0.2, -0.15) is 0 Å². The van der Waals surface area contributed by atoms with Crippen LogP contribution in [0.2, 0.25) is 10.0 Å². The summed E-state index contributed by atoms with van der Waals surface area (Å²) in [5.41, 5.74) is 1.40. The lowest BCUT2D eigenvalue weighted by molar-refractivity contribution is -0.384. The van der Waals surface area contributed by atoms with E-state index in [-0.39, 0.29) is 22.2 Å². The number of nitro benzene ring substituents is 1. The maximum atomic E-state index is 14.0. The molecule has 0 atom stereocenters. The van der Waals surface area contributed by atoms with Crippen LogP contribution in [-0.2, 0) is 4.79 Å². The lowest BCUT2D eigenvalue weighted by atomic mass is 10.1. The van der Waals surface area contributed by atoms with Crippen molar-refractivity contribution in [2.24, 2.45) is 0 Å². The molecule has 0 spiro atoms. The zero-order valence-corrected chi connectivity index (χ0v) is 20.9. The molecule has 1 saturated heterocycles. The van der Waals surface area contributed by atoms with Gasteiger partial charge in [-0.25, -0.2) is 4.39 Å². The molecule has 11 heteroatoms. The van der Waals surface area contributed by atoms with E-state index in [9.17, 15) is 24.1 Å². The molecule has 0 radical (unpaired) electrons. The van der Waals surface area contributed by atoms with Gasteiger partial charge in [0.1, 0.15) is 10.8 Å². The van der Waals surface area contributed by atoms with E-state index in [1.165, 1.54) is 42.5 Å². The normalized spacial score (nSPS) is 13.6. The van der Waals surface area contributed by atoms with E-state index in [1.807, 2.05) is 4.90 Å². The minimum atomic E-state index is -0.596. The molecule has 1 aliphatic rings. The third-order valence-electron chi connectivity index (χ3n) is 5.82. The maximum absolute atomic E-state index is 14.0. The van der Waals surface area contributed by atoms with Gasteiger partial charge in [-0.15, -0.1) is 0 Å². The number of rotatable bonds is 6. The molecule has 1 heterocycles. The highest BCUT2D eigenvalue weighted by Gasteiger charge is 2.25. The number of carbonyl (C=O) groups excluding carboxylic acids is 2. The Morgan fingerprint density at radius 1 is 1.00 bits per heavy atom. The number of hydrogen-bond acceptors (Lipinski definition) is 5. The van der Waals surface area contributed by atoms with Crippen LogP contribution in [0.15, 0.2) is 66.7 Å². The average molecular weight is 543 g/mol. The second-order valence-electron chi connectivity index (χ2n) is 8.21. The largest absolute Gasteiger partial charge is 0.366 e. The molecule has 37 heavy (non-hydrogen) atoms. The molecule has 2 amide bonds. The first-order chi connectivity index (χ1) is 17.7. The lowest BCUT2D eigenvalue weighted by Crippen LogP contribution is -2.49. The van der Waals surface area contributed by atoms with Crippen molar-refractivity contribution >= 4 is 58.2 Å². The summed E-state index contributed by atoms with van der Waals surface area (Å²) in [7, 11) is 0. The Hall–Kier alpha value is -3.95. The topological polar surface area (TPSA) is 95.8 Å². The van der Waals surface area contributed by atoms with E-state index >= 15 is 0 Å². The van der Waals surface area contributed by atoms with Gasteiger partial charge in [-0.1, -0.05) is 41.4 Å². The Kier molecular flexibility index (Phi) is 8.05. The average Bonchev–Trinajstić information content (AvgIpc) is 2.88. The van der Waals surface area contributed by atoms with Crippen molar-refractivity contribution in [3.63, 3.8) is 0 Å². The fourth-order valence-electron chi connectivity index (χ4n) is 3.96. The van der Waals surface area contributed by atoms with Gasteiger partial charge >= 0.3 is 0 Å². The first-order valence-electron chi connectivity index (χ1n) is 11.2. The number of hydrogen-bond donors (Lipinski definition) is 1. The van der Waals surface area contributed by atoms with Crippen molar-refractivity contribution in [3.05, 3.63) is 104 Å². The monoisotopic (exact) mass is 542 g/mol. The highest BCUT2D eigenvalue weighted by Crippen LogP contribution is 2.31. The number of nitro groups is 1. The summed E-state index contributed by atoms with van der Waals surface area (Å²) in [5, 5.41) is 14.3. The van der Waals surface area contributed by atoms with Gasteiger partial charge in [0.15, 0.2) is 0 Å². The minimum absolute atomic E-state index is 0.00544. The minimum Gasteiger partial charge on any atom is -0.366 e. The molecule has 4 rings (SSSR count). The van der Waals surface area contributed by atoms with Gasteiger partial charge < -0.3 is 15.1 Å². The summed E-state index contributed by atoms with van der Waals surface area (Å²) in [5.74, 6) is -1.39. The number of nitrogens with one attached hydrogen (secondary N) is 1. The predicted octanol–water partition coefficient (Wildman–Crippen LogP) is 5.66. The molecule has 1 aliphatic heterocycles. The van der Waals surface area contributed by atoms with Gasteiger partial charge in [0.25, 0.3) is 11.6 Å². The van der Waals surface area contributed by atoms with Crippen molar-refractivity contribution in [3.8, 4) is 0 Å². The predicted molar refractivity (Wildman–Crippen MR) is 142 cm³/mol. The number of benzene rings is 3. The van der Waals surface area contributed by atoms with E-state index in [0.29, 0.717) is 48.1 Å². The summed E-state index contributed by atoms with van der Waals surface area (Å²) < 4.78 is 14.0. The SMILES string of the molecule is O=C(/C=C/c1ccc(Cl)c([N+](=O)[O-])c1)Nc1cc(Cl)ccc1N1CCN(C(=O)c2ccccc2F)CC1. The molecule has 3 aromatic rings. The molecule has 0 saturated carbocycles. The van der Waals surface area contributed by atoms with Gasteiger partial charge in [-0.05, 0) is 48.0 Å². The van der Waals surface area contributed by atoms with Crippen molar-refractivity contribution in [2.75, 3.05) is 36.4 Å². The Labute approximate surface area is 222 Å². The van der Waals surface area contributed by atoms with Gasteiger partial charge in [0, 0.05) is 43.3 Å². The first kappa shape index (κ1) is 26.1. The molecule has 190 valence electrons. The number of halogens is 3. The Morgan fingerprint density at radius 3 is 2.43 bits per heavy atom. The van der Waals surface area contributed by atoms with Crippen LogP contribution in [0.3, 0.4) is 0 Å². The zero-order chi connectivity index (χ0) is 26.5. The van der Waals surface area contributed by atoms with E-state index in [4.69, 9.17) is 23.2 Å². The van der Waals surface area contributed by atoms with Gasteiger partial charge in [0.05, 0.1) is 21.9 Å². The molecule has 1 fully saturated rings. The second kappa shape index (κ2) is 11.4. The smallest absolute Gasteiger partial charge is 0.288 e. The van der Waals surface area contributed by atoms with Crippen LogP contribution in [0.1, 0.15) is 15.9 Å². The second-order valence-corrected chi connectivity index (χ2v) is 9.05. The molecular weight excluding hydrogens is 522 g/mol.